The van der Waals surface area contributed by atoms with E-state index in [4.69, 9.17) is 4.98 Å². The lowest BCUT2D eigenvalue weighted by Crippen LogP contribution is -2.25. The SMILES string of the molecule is CCN(CC)CCCNc1c2c(nc3ccccc13)/C(=C/c1ccc(CC(C)C)cc1)CC2. The molecule has 0 saturated carbocycles. The van der Waals surface area contributed by atoms with Crippen LogP contribution in [0, 0.1) is 5.92 Å². The van der Waals surface area contributed by atoms with Crippen molar-refractivity contribution in [1.82, 2.24) is 9.88 Å². The summed E-state index contributed by atoms with van der Waals surface area (Å²) in [6.45, 7) is 13.4. The molecule has 1 N–H and O–H groups in total. The van der Waals surface area contributed by atoms with Crippen LogP contribution in [0.3, 0.4) is 0 Å². The van der Waals surface area contributed by atoms with E-state index in [0.717, 1.165) is 57.4 Å². The van der Waals surface area contributed by atoms with E-state index in [2.05, 4.69) is 92.5 Å². The lowest BCUT2D eigenvalue weighted by molar-refractivity contribution is 0.303. The molecular formula is C30H39N3. The monoisotopic (exact) mass is 441 g/mol. The standard InChI is InChI=1S/C30H39N3/c1-5-33(6-2)19-9-18-31-30-26-10-7-8-11-28(26)32-29-25(16-17-27(29)30)21-24-14-12-23(13-15-24)20-22(3)4/h7-8,10-15,21-22H,5-6,9,16-20H2,1-4H3,(H,31,32)/b25-21+. The maximum Gasteiger partial charge on any atom is 0.0730 e. The lowest BCUT2D eigenvalue weighted by atomic mass is 10.0. The average molecular weight is 442 g/mol. The number of para-hydroxylation sites is 1. The first-order valence-electron chi connectivity index (χ1n) is 12.8. The number of aromatic nitrogens is 1. The Bertz CT molecular complexity index is 1090. The van der Waals surface area contributed by atoms with E-state index in [9.17, 15) is 0 Å². The number of allylic oxidation sites excluding steroid dienone is 1. The number of nitrogens with one attached hydrogen (secondary N) is 1. The molecule has 0 spiro atoms. The number of nitrogens with zero attached hydrogens (tertiary/aromatic N) is 2. The molecule has 0 fully saturated rings. The highest BCUT2D eigenvalue weighted by Gasteiger charge is 2.23. The summed E-state index contributed by atoms with van der Waals surface area (Å²) in [6, 6.07) is 17.7. The number of pyridine rings is 1. The third kappa shape index (κ3) is 5.65. The van der Waals surface area contributed by atoms with Crippen molar-refractivity contribution in [3.63, 3.8) is 0 Å². The molecule has 0 radical (unpaired) electrons. The summed E-state index contributed by atoms with van der Waals surface area (Å²) in [7, 11) is 0. The van der Waals surface area contributed by atoms with Gasteiger partial charge in [0.1, 0.15) is 0 Å². The molecule has 3 nitrogen and oxygen atoms in total. The zero-order valence-electron chi connectivity index (χ0n) is 20.8. The maximum absolute atomic E-state index is 5.12. The predicted octanol–water partition coefficient (Wildman–Crippen LogP) is 7.06. The minimum Gasteiger partial charge on any atom is -0.384 e. The molecule has 0 unspecified atom stereocenters. The van der Waals surface area contributed by atoms with Gasteiger partial charge >= 0.3 is 0 Å². The van der Waals surface area contributed by atoms with Gasteiger partial charge in [0.05, 0.1) is 11.2 Å². The molecule has 1 aliphatic carbocycles. The lowest BCUT2D eigenvalue weighted by Gasteiger charge is -2.19. The first kappa shape index (κ1) is 23.5. The Hall–Kier alpha value is -2.65. The molecule has 3 aromatic rings. The number of hydrogen-bond acceptors (Lipinski definition) is 3. The van der Waals surface area contributed by atoms with E-state index >= 15 is 0 Å². The van der Waals surface area contributed by atoms with Crippen molar-refractivity contribution in [2.45, 2.75) is 53.4 Å². The van der Waals surface area contributed by atoms with Crippen molar-refractivity contribution in [3.05, 3.63) is 70.9 Å². The molecule has 0 aliphatic heterocycles. The Morgan fingerprint density at radius 3 is 2.48 bits per heavy atom. The fourth-order valence-electron chi connectivity index (χ4n) is 4.96. The van der Waals surface area contributed by atoms with Crippen LogP contribution in [-0.2, 0) is 12.8 Å². The van der Waals surface area contributed by atoms with E-state index in [-0.39, 0.29) is 0 Å². The average Bonchev–Trinajstić information content (AvgIpc) is 3.21. The Kier molecular flexibility index (Phi) is 7.82. The molecule has 3 heteroatoms. The third-order valence-corrected chi connectivity index (χ3v) is 6.75. The summed E-state index contributed by atoms with van der Waals surface area (Å²) in [5.41, 5.74) is 9.01. The molecule has 2 aromatic carbocycles. The van der Waals surface area contributed by atoms with Gasteiger partial charge < -0.3 is 10.2 Å². The van der Waals surface area contributed by atoms with E-state index < -0.39 is 0 Å². The van der Waals surface area contributed by atoms with E-state index in [1.54, 1.807) is 0 Å². The van der Waals surface area contributed by atoms with Gasteiger partial charge in [-0.15, -0.1) is 0 Å². The molecule has 1 aromatic heterocycles. The van der Waals surface area contributed by atoms with Gasteiger partial charge in [-0.25, -0.2) is 4.98 Å². The topological polar surface area (TPSA) is 28.2 Å². The first-order chi connectivity index (χ1) is 16.1. The van der Waals surface area contributed by atoms with E-state index in [0.29, 0.717) is 5.92 Å². The number of hydrogen-bond donors (Lipinski definition) is 1. The van der Waals surface area contributed by atoms with Crippen molar-refractivity contribution in [3.8, 4) is 0 Å². The Labute approximate surface area is 199 Å². The number of benzene rings is 2. The Balaban J connectivity index is 1.59. The quantitative estimate of drug-likeness (QED) is 0.341. The fourth-order valence-corrected chi connectivity index (χ4v) is 4.96. The van der Waals surface area contributed by atoms with Gasteiger partial charge in [0.2, 0.25) is 0 Å². The second-order valence-corrected chi connectivity index (χ2v) is 9.65. The number of anilines is 1. The highest BCUT2D eigenvalue weighted by molar-refractivity contribution is 5.98. The summed E-state index contributed by atoms with van der Waals surface area (Å²) in [4.78, 5) is 7.61. The number of rotatable bonds is 10. The molecule has 1 heterocycles. The minimum absolute atomic E-state index is 0.686. The Morgan fingerprint density at radius 2 is 1.76 bits per heavy atom. The summed E-state index contributed by atoms with van der Waals surface area (Å²) >= 11 is 0. The smallest absolute Gasteiger partial charge is 0.0730 e. The van der Waals surface area contributed by atoms with Crippen molar-refractivity contribution in [2.75, 3.05) is 31.5 Å². The molecule has 174 valence electrons. The van der Waals surface area contributed by atoms with Crippen LogP contribution >= 0.6 is 0 Å². The van der Waals surface area contributed by atoms with Crippen LogP contribution in [0.5, 0.6) is 0 Å². The second-order valence-electron chi connectivity index (χ2n) is 9.65. The van der Waals surface area contributed by atoms with Gasteiger partial charge in [0.15, 0.2) is 0 Å². The molecular weight excluding hydrogens is 402 g/mol. The van der Waals surface area contributed by atoms with Gasteiger partial charge in [0, 0.05) is 23.2 Å². The van der Waals surface area contributed by atoms with Gasteiger partial charge in [-0.1, -0.05) is 70.2 Å². The zero-order valence-corrected chi connectivity index (χ0v) is 20.8. The first-order valence-corrected chi connectivity index (χ1v) is 12.8. The third-order valence-electron chi connectivity index (χ3n) is 6.75. The van der Waals surface area contributed by atoms with Crippen LogP contribution in [0.1, 0.15) is 62.9 Å². The minimum atomic E-state index is 0.686. The largest absolute Gasteiger partial charge is 0.384 e. The second kappa shape index (κ2) is 11.0. The predicted molar refractivity (Wildman–Crippen MR) is 144 cm³/mol. The van der Waals surface area contributed by atoms with E-state index in [1.165, 1.54) is 39.0 Å². The number of fused-ring (bicyclic) bond motifs is 2. The zero-order chi connectivity index (χ0) is 23.2. The highest BCUT2D eigenvalue weighted by Crippen LogP contribution is 2.40. The maximum atomic E-state index is 5.12. The van der Waals surface area contributed by atoms with Crippen molar-refractivity contribution < 1.29 is 0 Å². The molecule has 0 bridgehead atoms. The summed E-state index contributed by atoms with van der Waals surface area (Å²) in [5.74, 6) is 0.686. The van der Waals surface area contributed by atoms with Gasteiger partial charge in [0.25, 0.3) is 0 Å². The molecule has 4 rings (SSSR count). The molecule has 0 amide bonds. The van der Waals surface area contributed by atoms with Crippen LogP contribution in [0.25, 0.3) is 22.6 Å². The Morgan fingerprint density at radius 1 is 1.00 bits per heavy atom. The highest BCUT2D eigenvalue weighted by atomic mass is 15.1. The summed E-state index contributed by atoms with van der Waals surface area (Å²) in [5, 5.41) is 5.06. The van der Waals surface area contributed by atoms with Gasteiger partial charge in [-0.2, -0.15) is 0 Å². The van der Waals surface area contributed by atoms with Crippen LogP contribution in [0.4, 0.5) is 5.69 Å². The van der Waals surface area contributed by atoms with Crippen molar-refractivity contribution in [2.24, 2.45) is 5.92 Å². The van der Waals surface area contributed by atoms with Gasteiger partial charge in [-0.05, 0) is 80.1 Å². The molecule has 0 saturated heterocycles. The molecule has 33 heavy (non-hydrogen) atoms. The van der Waals surface area contributed by atoms with E-state index in [1.807, 2.05) is 0 Å². The van der Waals surface area contributed by atoms with Crippen molar-refractivity contribution in [1.29, 1.82) is 0 Å². The van der Waals surface area contributed by atoms with Gasteiger partial charge in [-0.3, -0.25) is 0 Å². The van der Waals surface area contributed by atoms with Crippen LogP contribution in [0.15, 0.2) is 48.5 Å². The summed E-state index contributed by atoms with van der Waals surface area (Å²) in [6.07, 6.45) is 6.75. The van der Waals surface area contributed by atoms with Crippen LogP contribution in [0.2, 0.25) is 0 Å². The summed E-state index contributed by atoms with van der Waals surface area (Å²) < 4.78 is 0. The fraction of sp³-hybridized carbons (Fsp3) is 0.433. The van der Waals surface area contributed by atoms with Crippen molar-refractivity contribution >= 4 is 28.2 Å². The van der Waals surface area contributed by atoms with Crippen LogP contribution < -0.4 is 5.32 Å². The molecule has 0 atom stereocenters. The normalized spacial score (nSPS) is 14.5. The van der Waals surface area contributed by atoms with Crippen LogP contribution in [-0.4, -0.2) is 36.1 Å². The molecule has 1 aliphatic rings.